The van der Waals surface area contributed by atoms with E-state index in [4.69, 9.17) is 11.6 Å². The molecule has 0 unspecified atom stereocenters. The number of nitrogens with one attached hydrogen (secondary N) is 1. The fourth-order valence-electron chi connectivity index (χ4n) is 2.38. The summed E-state index contributed by atoms with van der Waals surface area (Å²) >= 11 is 5.83. The number of pyridine rings is 1. The molecule has 1 N–H and O–H groups in total. The number of hydrogen-bond donors (Lipinski definition) is 1. The molecule has 0 amide bonds. The summed E-state index contributed by atoms with van der Waals surface area (Å²) in [6.45, 7) is 0.0566. The van der Waals surface area contributed by atoms with Gasteiger partial charge in [-0.25, -0.2) is 9.78 Å². The molecule has 2 aromatic rings. The zero-order valence-electron chi connectivity index (χ0n) is 16.3. The first-order valence-electron chi connectivity index (χ1n) is 8.58. The quantitative estimate of drug-likeness (QED) is 0.518. The third kappa shape index (κ3) is 5.50. The van der Waals surface area contributed by atoms with Crippen molar-refractivity contribution in [1.82, 2.24) is 19.0 Å². The second-order valence-corrected chi connectivity index (χ2v) is 6.91. The smallest absolute Gasteiger partial charge is 0.383 e. The van der Waals surface area contributed by atoms with E-state index < -0.39 is 28.8 Å². The average molecular weight is 446 g/mol. The molecule has 2 heterocycles. The van der Waals surface area contributed by atoms with Gasteiger partial charge in [0, 0.05) is 58.9 Å². The van der Waals surface area contributed by atoms with E-state index in [2.05, 4.69) is 10.3 Å². The first kappa shape index (κ1) is 23.2. The summed E-state index contributed by atoms with van der Waals surface area (Å²) in [6, 6.07) is 0.739. The van der Waals surface area contributed by atoms with Crippen LogP contribution >= 0.6 is 11.6 Å². The van der Waals surface area contributed by atoms with Crippen LogP contribution in [-0.4, -0.2) is 45.4 Å². The Labute approximate surface area is 174 Å². The Balaban J connectivity index is 2.20. The first-order valence-corrected chi connectivity index (χ1v) is 8.95. The van der Waals surface area contributed by atoms with Crippen LogP contribution < -0.4 is 16.6 Å². The molecule has 8 nitrogen and oxygen atoms in total. The molecule has 0 aliphatic carbocycles. The predicted molar refractivity (Wildman–Crippen MR) is 106 cm³/mol. The van der Waals surface area contributed by atoms with Crippen LogP contribution in [0, 0.1) is 0 Å². The summed E-state index contributed by atoms with van der Waals surface area (Å²) in [5.41, 5.74) is -2.56. The summed E-state index contributed by atoms with van der Waals surface area (Å²) in [7, 11) is 4.65. The molecule has 12 heteroatoms. The minimum Gasteiger partial charge on any atom is -0.383 e. The number of carbonyl (C=O) groups excluding carboxylic acids is 1. The van der Waals surface area contributed by atoms with E-state index in [0.717, 1.165) is 21.4 Å². The van der Waals surface area contributed by atoms with Crippen LogP contribution in [0.15, 0.2) is 40.3 Å². The maximum atomic E-state index is 12.7. The van der Waals surface area contributed by atoms with Gasteiger partial charge >= 0.3 is 11.9 Å². The van der Waals surface area contributed by atoms with Crippen molar-refractivity contribution >= 4 is 23.2 Å². The lowest BCUT2D eigenvalue weighted by Crippen LogP contribution is -2.41. The fraction of sp³-hybridized carbons (Fsp3) is 0.333. The van der Waals surface area contributed by atoms with Gasteiger partial charge in [0.25, 0.3) is 5.56 Å². The topological polar surface area (TPSA) is 89.2 Å². The lowest BCUT2D eigenvalue weighted by molar-refractivity contribution is -0.137. The standard InChI is InChI=1S/C18H19ClF3N5O3/c1-25(2)6-4-14(28)12-10-27(17(30)26(3)16(12)29)7-5-23-15-13(19)8-11(9-24-15)18(20,21)22/h4,6,8-10H,5,7H2,1-3H3,(H,23,24). The van der Waals surface area contributed by atoms with Gasteiger partial charge in [0.05, 0.1) is 10.6 Å². The maximum Gasteiger partial charge on any atom is 0.417 e. The van der Waals surface area contributed by atoms with Crippen LogP contribution in [0.1, 0.15) is 15.9 Å². The first-order chi connectivity index (χ1) is 13.9. The zero-order valence-corrected chi connectivity index (χ0v) is 17.1. The summed E-state index contributed by atoms with van der Waals surface area (Å²) in [5, 5.41) is 2.49. The normalized spacial score (nSPS) is 11.7. The highest BCUT2D eigenvalue weighted by atomic mass is 35.5. The Bertz CT molecular complexity index is 1090. The van der Waals surface area contributed by atoms with E-state index in [-0.39, 0.29) is 29.5 Å². The highest BCUT2D eigenvalue weighted by molar-refractivity contribution is 6.32. The van der Waals surface area contributed by atoms with Gasteiger partial charge < -0.3 is 10.2 Å². The molecule has 0 aromatic carbocycles. The van der Waals surface area contributed by atoms with E-state index in [9.17, 15) is 27.6 Å². The highest BCUT2D eigenvalue weighted by Crippen LogP contribution is 2.32. The largest absolute Gasteiger partial charge is 0.417 e. The number of carbonyl (C=O) groups is 1. The molecule has 0 radical (unpaired) electrons. The number of allylic oxidation sites excluding steroid dienone is 1. The summed E-state index contributed by atoms with van der Waals surface area (Å²) in [5.74, 6) is -0.564. The van der Waals surface area contributed by atoms with Crippen molar-refractivity contribution in [2.45, 2.75) is 12.7 Å². The minimum atomic E-state index is -4.57. The van der Waals surface area contributed by atoms with Crippen molar-refractivity contribution in [2.24, 2.45) is 7.05 Å². The van der Waals surface area contributed by atoms with Crippen molar-refractivity contribution in [3.05, 3.63) is 67.7 Å². The molecular formula is C18H19ClF3N5O3. The Kier molecular flexibility index (Phi) is 7.08. The number of aromatic nitrogens is 3. The van der Waals surface area contributed by atoms with E-state index in [1.807, 2.05) is 0 Å². The van der Waals surface area contributed by atoms with Gasteiger partial charge in [-0.15, -0.1) is 0 Å². The van der Waals surface area contributed by atoms with Crippen LogP contribution in [-0.2, 0) is 19.8 Å². The number of ketones is 1. The molecule has 0 fully saturated rings. The molecule has 0 bridgehead atoms. The van der Waals surface area contributed by atoms with Gasteiger partial charge in [-0.05, 0) is 6.07 Å². The van der Waals surface area contributed by atoms with E-state index in [1.165, 1.54) is 19.3 Å². The minimum absolute atomic E-state index is 0.00363. The van der Waals surface area contributed by atoms with E-state index in [1.54, 1.807) is 19.0 Å². The van der Waals surface area contributed by atoms with Crippen molar-refractivity contribution in [1.29, 1.82) is 0 Å². The fourth-order valence-corrected chi connectivity index (χ4v) is 2.61. The number of halogens is 4. The predicted octanol–water partition coefficient (Wildman–Crippen LogP) is 1.98. The number of anilines is 1. The third-order valence-corrected chi connectivity index (χ3v) is 4.24. The lowest BCUT2D eigenvalue weighted by Gasteiger charge is -2.12. The lowest BCUT2D eigenvalue weighted by atomic mass is 10.2. The maximum absolute atomic E-state index is 12.7. The molecular weight excluding hydrogens is 427 g/mol. The molecule has 0 spiro atoms. The van der Waals surface area contributed by atoms with E-state index >= 15 is 0 Å². The molecule has 0 atom stereocenters. The molecule has 162 valence electrons. The molecule has 0 saturated heterocycles. The Morgan fingerprint density at radius 1 is 1.33 bits per heavy atom. The SMILES string of the molecule is CN(C)C=CC(=O)c1cn(CCNc2ncc(C(F)(F)F)cc2Cl)c(=O)n(C)c1=O. The van der Waals surface area contributed by atoms with Crippen molar-refractivity contribution in [3.63, 3.8) is 0 Å². The molecule has 0 aliphatic rings. The monoisotopic (exact) mass is 445 g/mol. The second kappa shape index (κ2) is 9.16. The summed E-state index contributed by atoms with van der Waals surface area (Å²) < 4.78 is 40.0. The van der Waals surface area contributed by atoms with Crippen LogP contribution in [0.2, 0.25) is 5.02 Å². The molecule has 2 rings (SSSR count). The van der Waals surface area contributed by atoms with Crippen molar-refractivity contribution in [2.75, 3.05) is 26.0 Å². The van der Waals surface area contributed by atoms with Gasteiger partial charge in [-0.2, -0.15) is 13.2 Å². The molecule has 0 saturated carbocycles. The van der Waals surface area contributed by atoms with Crippen molar-refractivity contribution < 1.29 is 18.0 Å². The Morgan fingerprint density at radius 2 is 2.00 bits per heavy atom. The van der Waals surface area contributed by atoms with Crippen LogP contribution in [0.3, 0.4) is 0 Å². The zero-order chi connectivity index (χ0) is 22.6. The van der Waals surface area contributed by atoms with E-state index in [0.29, 0.717) is 6.20 Å². The number of alkyl halides is 3. The third-order valence-electron chi connectivity index (χ3n) is 3.96. The summed E-state index contributed by atoms with van der Waals surface area (Å²) in [4.78, 5) is 42.0. The van der Waals surface area contributed by atoms with Gasteiger partial charge in [-0.1, -0.05) is 11.6 Å². The molecule has 2 aromatic heterocycles. The van der Waals surface area contributed by atoms with Gasteiger partial charge in [-0.3, -0.25) is 18.7 Å². The number of rotatable bonds is 7. The average Bonchev–Trinajstić information content (AvgIpc) is 2.66. The molecule has 0 aliphatic heterocycles. The number of hydrogen-bond acceptors (Lipinski definition) is 6. The van der Waals surface area contributed by atoms with Crippen LogP contribution in [0.25, 0.3) is 0 Å². The Hall–Kier alpha value is -3.08. The number of nitrogens with zero attached hydrogens (tertiary/aromatic N) is 4. The van der Waals surface area contributed by atoms with Crippen LogP contribution in [0.4, 0.5) is 19.0 Å². The Morgan fingerprint density at radius 3 is 2.57 bits per heavy atom. The second-order valence-electron chi connectivity index (χ2n) is 6.51. The molecule has 30 heavy (non-hydrogen) atoms. The highest BCUT2D eigenvalue weighted by Gasteiger charge is 2.31. The van der Waals surface area contributed by atoms with Gasteiger partial charge in [0.1, 0.15) is 11.4 Å². The van der Waals surface area contributed by atoms with Gasteiger partial charge in [0.15, 0.2) is 5.78 Å². The van der Waals surface area contributed by atoms with Crippen LogP contribution in [0.5, 0.6) is 0 Å². The van der Waals surface area contributed by atoms with Gasteiger partial charge in [0.2, 0.25) is 0 Å². The van der Waals surface area contributed by atoms with Crippen molar-refractivity contribution in [3.8, 4) is 0 Å². The summed E-state index contributed by atoms with van der Waals surface area (Å²) in [6.07, 6.45) is -0.106.